The lowest BCUT2D eigenvalue weighted by Gasteiger charge is -2.14. The Kier molecular flexibility index (Phi) is 6.87. The zero-order valence-electron chi connectivity index (χ0n) is 12.5. The van der Waals surface area contributed by atoms with Crippen LogP contribution in [0.15, 0.2) is 23.4 Å². The van der Waals surface area contributed by atoms with Gasteiger partial charge in [-0.1, -0.05) is 37.9 Å². The summed E-state index contributed by atoms with van der Waals surface area (Å²) in [6.45, 7) is 6.22. The molecule has 1 aromatic carbocycles. The van der Waals surface area contributed by atoms with E-state index in [4.69, 9.17) is 15.7 Å². The van der Waals surface area contributed by atoms with Gasteiger partial charge in [-0.3, -0.25) is 0 Å². The Balaban J connectivity index is 2.69. The summed E-state index contributed by atoms with van der Waals surface area (Å²) in [6.07, 6.45) is 2.38. The molecule has 112 valence electrons. The van der Waals surface area contributed by atoms with Gasteiger partial charge in [0.1, 0.15) is 5.75 Å². The van der Waals surface area contributed by atoms with Crippen molar-refractivity contribution < 1.29 is 9.94 Å². The molecule has 0 bridgehead atoms. The number of hydrogen-bond donors (Lipinski definition) is 3. The van der Waals surface area contributed by atoms with Gasteiger partial charge in [-0.05, 0) is 30.2 Å². The molecule has 0 aliphatic carbocycles. The number of benzene rings is 1. The molecular formula is C15H25N3O2. The molecule has 0 aliphatic heterocycles. The van der Waals surface area contributed by atoms with Gasteiger partial charge in [0.15, 0.2) is 5.84 Å². The van der Waals surface area contributed by atoms with Crippen molar-refractivity contribution in [3.8, 4) is 5.75 Å². The molecule has 0 saturated carbocycles. The third-order valence-electron chi connectivity index (χ3n) is 3.57. The van der Waals surface area contributed by atoms with Crippen LogP contribution in [0.4, 0.5) is 0 Å². The van der Waals surface area contributed by atoms with E-state index in [9.17, 15) is 0 Å². The number of rotatable bonds is 8. The van der Waals surface area contributed by atoms with Gasteiger partial charge in [0.05, 0.1) is 12.7 Å². The first-order valence-electron chi connectivity index (χ1n) is 7.01. The molecule has 1 aromatic rings. The molecule has 0 aromatic heterocycles. The molecule has 0 radical (unpaired) electrons. The van der Waals surface area contributed by atoms with Gasteiger partial charge in [-0.15, -0.1) is 0 Å². The zero-order chi connectivity index (χ0) is 15.0. The van der Waals surface area contributed by atoms with E-state index in [0.717, 1.165) is 18.7 Å². The number of nitrogens with zero attached hydrogens (tertiary/aromatic N) is 1. The summed E-state index contributed by atoms with van der Waals surface area (Å²) < 4.78 is 5.28. The van der Waals surface area contributed by atoms with Gasteiger partial charge in [0.2, 0.25) is 0 Å². The van der Waals surface area contributed by atoms with Crippen LogP contribution in [0.2, 0.25) is 0 Å². The third-order valence-corrected chi connectivity index (χ3v) is 3.57. The second-order valence-electron chi connectivity index (χ2n) is 4.83. The molecule has 5 nitrogen and oxygen atoms in total. The van der Waals surface area contributed by atoms with Gasteiger partial charge >= 0.3 is 0 Å². The van der Waals surface area contributed by atoms with Gasteiger partial charge in [0, 0.05) is 6.54 Å². The highest BCUT2D eigenvalue weighted by Gasteiger charge is 2.09. The molecule has 0 heterocycles. The van der Waals surface area contributed by atoms with E-state index in [1.807, 2.05) is 18.2 Å². The Morgan fingerprint density at radius 2 is 2.10 bits per heavy atom. The summed E-state index contributed by atoms with van der Waals surface area (Å²) in [7, 11) is 1.57. The Labute approximate surface area is 120 Å². The molecule has 0 fully saturated rings. The minimum Gasteiger partial charge on any atom is -0.496 e. The van der Waals surface area contributed by atoms with Gasteiger partial charge < -0.3 is 21.0 Å². The first-order valence-corrected chi connectivity index (χ1v) is 7.01. The number of ether oxygens (including phenoxy) is 1. The normalized spacial score (nSPS) is 11.9. The van der Waals surface area contributed by atoms with E-state index in [2.05, 4.69) is 24.3 Å². The lowest BCUT2D eigenvalue weighted by Crippen LogP contribution is -2.22. The van der Waals surface area contributed by atoms with E-state index >= 15 is 0 Å². The van der Waals surface area contributed by atoms with Crippen LogP contribution in [0.5, 0.6) is 5.75 Å². The number of amidine groups is 1. The topological polar surface area (TPSA) is 79.9 Å². The average Bonchev–Trinajstić information content (AvgIpc) is 2.50. The van der Waals surface area contributed by atoms with Crippen LogP contribution < -0.4 is 15.8 Å². The summed E-state index contributed by atoms with van der Waals surface area (Å²) >= 11 is 0. The first-order chi connectivity index (χ1) is 9.65. The maximum Gasteiger partial charge on any atom is 0.173 e. The van der Waals surface area contributed by atoms with Crippen molar-refractivity contribution in [2.24, 2.45) is 16.8 Å². The molecule has 20 heavy (non-hydrogen) atoms. The van der Waals surface area contributed by atoms with Crippen molar-refractivity contribution in [3.63, 3.8) is 0 Å². The van der Waals surface area contributed by atoms with Crippen LogP contribution in [0, 0.1) is 5.92 Å². The minimum atomic E-state index is 0.0541. The molecule has 0 aliphatic rings. The van der Waals surface area contributed by atoms with E-state index in [1.165, 1.54) is 12.8 Å². The second-order valence-corrected chi connectivity index (χ2v) is 4.83. The van der Waals surface area contributed by atoms with Crippen molar-refractivity contribution in [2.75, 3.05) is 13.7 Å². The van der Waals surface area contributed by atoms with Crippen molar-refractivity contribution in [1.29, 1.82) is 0 Å². The molecule has 0 saturated heterocycles. The number of nitrogens with one attached hydrogen (secondary N) is 1. The highest BCUT2D eigenvalue weighted by Crippen LogP contribution is 2.20. The molecular weight excluding hydrogens is 254 g/mol. The maximum absolute atomic E-state index is 8.73. The lowest BCUT2D eigenvalue weighted by molar-refractivity contribution is 0.318. The van der Waals surface area contributed by atoms with Gasteiger partial charge in [-0.2, -0.15) is 0 Å². The quantitative estimate of drug-likeness (QED) is 0.295. The summed E-state index contributed by atoms with van der Waals surface area (Å²) in [5, 5.41) is 15.2. The van der Waals surface area contributed by atoms with Crippen molar-refractivity contribution >= 4 is 5.84 Å². The Bertz CT molecular complexity index is 443. The van der Waals surface area contributed by atoms with E-state index in [-0.39, 0.29) is 5.84 Å². The van der Waals surface area contributed by atoms with E-state index in [0.29, 0.717) is 17.2 Å². The van der Waals surface area contributed by atoms with Crippen LogP contribution in [-0.4, -0.2) is 24.7 Å². The van der Waals surface area contributed by atoms with Crippen molar-refractivity contribution in [2.45, 2.75) is 33.2 Å². The fourth-order valence-corrected chi connectivity index (χ4v) is 2.11. The standard InChI is InChI=1S/C15H25N3O2/c1-4-11(5-2)9-17-10-12-6-7-13(15(16)18-19)14(8-12)20-3/h6-8,11,17,19H,4-5,9-10H2,1-3H3,(H2,16,18). The second kappa shape index (κ2) is 8.43. The largest absolute Gasteiger partial charge is 0.496 e. The predicted molar refractivity (Wildman–Crippen MR) is 81.3 cm³/mol. The van der Waals surface area contributed by atoms with Crippen LogP contribution in [0.1, 0.15) is 37.8 Å². The molecule has 0 spiro atoms. The molecule has 5 heteroatoms. The Morgan fingerprint density at radius 1 is 1.40 bits per heavy atom. The van der Waals surface area contributed by atoms with Gasteiger partial charge in [0.25, 0.3) is 0 Å². The SMILES string of the molecule is CCC(CC)CNCc1ccc(/C(N)=N/O)c(OC)c1. The van der Waals surface area contributed by atoms with Crippen LogP contribution in [-0.2, 0) is 6.54 Å². The number of oxime groups is 1. The average molecular weight is 279 g/mol. The lowest BCUT2D eigenvalue weighted by atomic mass is 10.0. The minimum absolute atomic E-state index is 0.0541. The van der Waals surface area contributed by atoms with Crippen molar-refractivity contribution in [3.05, 3.63) is 29.3 Å². The number of hydrogen-bond acceptors (Lipinski definition) is 4. The predicted octanol–water partition coefficient (Wildman–Crippen LogP) is 2.32. The smallest absolute Gasteiger partial charge is 0.173 e. The molecule has 4 N–H and O–H groups in total. The fraction of sp³-hybridized carbons (Fsp3) is 0.533. The molecule has 0 unspecified atom stereocenters. The molecule has 0 atom stereocenters. The number of methoxy groups -OCH3 is 1. The van der Waals surface area contributed by atoms with Crippen LogP contribution in [0.25, 0.3) is 0 Å². The summed E-state index contributed by atoms with van der Waals surface area (Å²) in [4.78, 5) is 0. The summed E-state index contributed by atoms with van der Waals surface area (Å²) in [5.41, 5.74) is 7.31. The first kappa shape index (κ1) is 16.3. The summed E-state index contributed by atoms with van der Waals surface area (Å²) in [6, 6.07) is 5.67. The fourth-order valence-electron chi connectivity index (χ4n) is 2.11. The van der Waals surface area contributed by atoms with Crippen LogP contribution in [0.3, 0.4) is 0 Å². The highest BCUT2D eigenvalue weighted by molar-refractivity contribution is 5.99. The van der Waals surface area contributed by atoms with Crippen molar-refractivity contribution in [1.82, 2.24) is 5.32 Å². The molecule has 0 amide bonds. The Hall–Kier alpha value is -1.75. The zero-order valence-corrected chi connectivity index (χ0v) is 12.5. The monoisotopic (exact) mass is 279 g/mol. The highest BCUT2D eigenvalue weighted by atomic mass is 16.5. The van der Waals surface area contributed by atoms with Crippen LogP contribution >= 0.6 is 0 Å². The third kappa shape index (κ3) is 4.42. The van der Waals surface area contributed by atoms with Gasteiger partial charge in [-0.25, -0.2) is 0 Å². The van der Waals surface area contributed by atoms with E-state index < -0.39 is 0 Å². The number of nitrogens with two attached hydrogens (primary N) is 1. The Morgan fingerprint density at radius 3 is 2.65 bits per heavy atom. The maximum atomic E-state index is 8.73. The van der Waals surface area contributed by atoms with E-state index in [1.54, 1.807) is 7.11 Å². The molecule has 1 rings (SSSR count). The summed E-state index contributed by atoms with van der Waals surface area (Å²) in [5.74, 6) is 1.38.